The van der Waals surface area contributed by atoms with Crippen LogP contribution in [0.25, 0.3) is 0 Å². The summed E-state index contributed by atoms with van der Waals surface area (Å²) in [4.78, 5) is 0.0635. The summed E-state index contributed by atoms with van der Waals surface area (Å²) in [5, 5.41) is -0.255. The quantitative estimate of drug-likeness (QED) is 0.837. The molecule has 4 nitrogen and oxygen atoms in total. The molecule has 1 aliphatic rings. The minimum atomic E-state index is -3.46. The van der Waals surface area contributed by atoms with E-state index in [0.717, 1.165) is 0 Å². The number of sulfone groups is 1. The summed E-state index contributed by atoms with van der Waals surface area (Å²) in [5.74, 6) is 0. The summed E-state index contributed by atoms with van der Waals surface area (Å²) in [7, 11) is -3.46. The molecule has 17 heavy (non-hydrogen) atoms. The Morgan fingerprint density at radius 2 is 1.94 bits per heavy atom. The molecule has 0 aromatic heterocycles. The van der Waals surface area contributed by atoms with Crippen molar-refractivity contribution < 1.29 is 13.2 Å². The maximum Gasteiger partial charge on any atom is 0.184 e. The number of benzene rings is 1. The minimum Gasteiger partial charge on any atom is -0.398 e. The zero-order valence-electron chi connectivity index (χ0n) is 9.23. The predicted octanol–water partition coefficient (Wildman–Crippen LogP) is 1.87. The Bertz CT molecular complexity index is 489. The van der Waals surface area contributed by atoms with Crippen molar-refractivity contribution in [3.8, 4) is 0 Å². The van der Waals surface area contributed by atoms with Crippen molar-refractivity contribution in [3.63, 3.8) is 0 Å². The van der Waals surface area contributed by atoms with Crippen LogP contribution in [0.15, 0.2) is 23.1 Å². The van der Waals surface area contributed by atoms with E-state index < -0.39 is 15.1 Å². The highest BCUT2D eigenvalue weighted by Gasteiger charge is 2.32. The maximum atomic E-state index is 12.4. The molecule has 2 rings (SSSR count). The third kappa shape index (κ3) is 2.41. The Hall–Kier alpha value is -0.780. The van der Waals surface area contributed by atoms with Gasteiger partial charge in [-0.25, -0.2) is 8.42 Å². The Morgan fingerprint density at radius 3 is 2.53 bits per heavy atom. The van der Waals surface area contributed by atoms with E-state index in [0.29, 0.717) is 26.1 Å². The minimum absolute atomic E-state index is 0.0635. The Morgan fingerprint density at radius 1 is 1.29 bits per heavy atom. The lowest BCUT2D eigenvalue weighted by molar-refractivity contribution is 0.0983. The SMILES string of the molecule is Nc1cccc(Cl)c1S(=O)(=O)C1CCOCC1. The first-order valence-electron chi connectivity index (χ1n) is 5.39. The second kappa shape index (κ2) is 4.84. The summed E-state index contributed by atoms with van der Waals surface area (Å²) in [6, 6.07) is 4.74. The monoisotopic (exact) mass is 275 g/mol. The lowest BCUT2D eigenvalue weighted by Gasteiger charge is -2.23. The highest BCUT2D eigenvalue weighted by Crippen LogP contribution is 2.32. The molecular weight excluding hydrogens is 262 g/mol. The van der Waals surface area contributed by atoms with Crippen LogP contribution < -0.4 is 5.73 Å². The summed E-state index contributed by atoms with van der Waals surface area (Å²) in [6.07, 6.45) is 0.986. The lowest BCUT2D eigenvalue weighted by atomic mass is 10.2. The smallest absolute Gasteiger partial charge is 0.184 e. The first kappa shape index (κ1) is 12.7. The fourth-order valence-corrected chi connectivity index (χ4v) is 4.37. The van der Waals surface area contributed by atoms with Crippen LogP contribution in [-0.4, -0.2) is 26.9 Å². The summed E-state index contributed by atoms with van der Waals surface area (Å²) in [5.41, 5.74) is 5.93. The van der Waals surface area contributed by atoms with Gasteiger partial charge < -0.3 is 10.5 Å². The Kier molecular flexibility index (Phi) is 3.61. The molecule has 0 saturated carbocycles. The molecule has 0 unspecified atom stereocenters. The van der Waals surface area contributed by atoms with Gasteiger partial charge in [0.1, 0.15) is 4.90 Å². The molecule has 1 heterocycles. The molecule has 1 aromatic carbocycles. The molecule has 0 aliphatic carbocycles. The van der Waals surface area contributed by atoms with E-state index >= 15 is 0 Å². The second-order valence-corrected chi connectivity index (χ2v) is 6.59. The standard InChI is InChI=1S/C11H14ClNO3S/c12-9-2-1-3-10(13)11(9)17(14,15)8-4-6-16-7-5-8/h1-3,8H,4-7,13H2. The first-order valence-corrected chi connectivity index (χ1v) is 7.31. The molecule has 0 atom stereocenters. The van der Waals surface area contributed by atoms with Crippen molar-refractivity contribution in [1.82, 2.24) is 0 Å². The number of anilines is 1. The van der Waals surface area contributed by atoms with Gasteiger partial charge in [-0.3, -0.25) is 0 Å². The van der Waals surface area contributed by atoms with E-state index in [2.05, 4.69) is 0 Å². The molecule has 6 heteroatoms. The Balaban J connectivity index is 2.44. The van der Waals surface area contributed by atoms with Gasteiger partial charge in [-0.15, -0.1) is 0 Å². The lowest BCUT2D eigenvalue weighted by Crippen LogP contribution is -2.29. The van der Waals surface area contributed by atoms with Gasteiger partial charge in [0.2, 0.25) is 0 Å². The number of ether oxygens (including phenoxy) is 1. The van der Waals surface area contributed by atoms with Crippen molar-refractivity contribution in [3.05, 3.63) is 23.2 Å². The van der Waals surface area contributed by atoms with Crippen LogP contribution in [0.4, 0.5) is 5.69 Å². The number of halogens is 1. The van der Waals surface area contributed by atoms with Gasteiger partial charge in [-0.1, -0.05) is 17.7 Å². The Labute approximate surface area is 106 Å². The van der Waals surface area contributed by atoms with Gasteiger partial charge in [-0.05, 0) is 25.0 Å². The molecule has 0 radical (unpaired) electrons. The van der Waals surface area contributed by atoms with Gasteiger partial charge in [0.25, 0.3) is 0 Å². The average Bonchev–Trinajstić information content (AvgIpc) is 2.29. The summed E-state index contributed by atoms with van der Waals surface area (Å²) < 4.78 is 30.0. The third-order valence-corrected chi connectivity index (χ3v) is 5.69. The first-order chi connectivity index (χ1) is 8.03. The molecule has 1 fully saturated rings. The molecule has 0 amide bonds. The van der Waals surface area contributed by atoms with Gasteiger partial charge in [0.15, 0.2) is 9.84 Å². The second-order valence-electron chi connectivity index (χ2n) is 4.01. The van der Waals surface area contributed by atoms with Crippen LogP contribution in [0, 0.1) is 0 Å². The van der Waals surface area contributed by atoms with E-state index in [1.165, 1.54) is 0 Å². The number of hydrogen-bond acceptors (Lipinski definition) is 4. The van der Waals surface area contributed by atoms with Crippen LogP contribution in [-0.2, 0) is 14.6 Å². The normalized spacial score (nSPS) is 18.2. The van der Waals surface area contributed by atoms with E-state index in [9.17, 15) is 8.42 Å². The maximum absolute atomic E-state index is 12.4. The fourth-order valence-electron chi connectivity index (χ4n) is 1.98. The van der Waals surface area contributed by atoms with Gasteiger partial charge >= 0.3 is 0 Å². The van der Waals surface area contributed by atoms with Crippen molar-refractivity contribution in [2.45, 2.75) is 23.0 Å². The average molecular weight is 276 g/mol. The molecule has 1 saturated heterocycles. The molecular formula is C11H14ClNO3S. The van der Waals surface area contributed by atoms with Crippen LogP contribution in [0.5, 0.6) is 0 Å². The molecule has 0 bridgehead atoms. The van der Waals surface area contributed by atoms with Gasteiger partial charge in [-0.2, -0.15) is 0 Å². The zero-order chi connectivity index (χ0) is 12.5. The van der Waals surface area contributed by atoms with Crippen molar-refractivity contribution in [2.24, 2.45) is 0 Å². The van der Waals surface area contributed by atoms with Gasteiger partial charge in [0, 0.05) is 13.2 Å². The van der Waals surface area contributed by atoms with E-state index in [1.807, 2.05) is 0 Å². The van der Waals surface area contributed by atoms with Crippen LogP contribution >= 0.6 is 11.6 Å². The number of nitrogen functional groups attached to an aromatic ring is 1. The molecule has 94 valence electrons. The van der Waals surface area contributed by atoms with Crippen molar-refractivity contribution >= 4 is 27.1 Å². The van der Waals surface area contributed by atoms with Crippen molar-refractivity contribution in [2.75, 3.05) is 18.9 Å². The highest BCUT2D eigenvalue weighted by molar-refractivity contribution is 7.92. The number of hydrogen-bond donors (Lipinski definition) is 1. The van der Waals surface area contributed by atoms with E-state index in [-0.39, 0.29) is 15.6 Å². The van der Waals surface area contributed by atoms with Crippen LogP contribution in [0.3, 0.4) is 0 Å². The highest BCUT2D eigenvalue weighted by atomic mass is 35.5. The molecule has 0 spiro atoms. The third-order valence-electron chi connectivity index (χ3n) is 2.89. The zero-order valence-corrected chi connectivity index (χ0v) is 10.8. The van der Waals surface area contributed by atoms with E-state index in [1.54, 1.807) is 18.2 Å². The number of nitrogens with two attached hydrogens (primary N) is 1. The fraction of sp³-hybridized carbons (Fsp3) is 0.455. The number of rotatable bonds is 2. The molecule has 1 aliphatic heterocycles. The van der Waals surface area contributed by atoms with Crippen LogP contribution in [0.2, 0.25) is 5.02 Å². The van der Waals surface area contributed by atoms with Gasteiger partial charge in [0.05, 0.1) is 16.0 Å². The molecule has 1 aromatic rings. The van der Waals surface area contributed by atoms with Crippen LogP contribution in [0.1, 0.15) is 12.8 Å². The molecule has 2 N–H and O–H groups in total. The summed E-state index contributed by atoms with van der Waals surface area (Å²) >= 11 is 5.94. The summed E-state index contributed by atoms with van der Waals surface area (Å²) in [6.45, 7) is 0.933. The topological polar surface area (TPSA) is 69.4 Å². The van der Waals surface area contributed by atoms with Crippen molar-refractivity contribution in [1.29, 1.82) is 0 Å². The largest absolute Gasteiger partial charge is 0.398 e. The predicted molar refractivity (Wildman–Crippen MR) is 66.9 cm³/mol. The van der Waals surface area contributed by atoms with E-state index in [4.69, 9.17) is 22.1 Å².